The summed E-state index contributed by atoms with van der Waals surface area (Å²) in [7, 11) is 0. The molecule has 14 atom stereocenters. The number of unbranched alkanes of at least 4 members (excludes halogenated alkanes) is 3. The van der Waals surface area contributed by atoms with Gasteiger partial charge in [-0.2, -0.15) is 0 Å². The van der Waals surface area contributed by atoms with Crippen LogP contribution >= 0.6 is 0 Å². The quantitative estimate of drug-likeness (QED) is 0.0277. The summed E-state index contributed by atoms with van der Waals surface area (Å²) < 4.78 is 42.2. The normalized spacial score (nSPS) is 27.5. The summed E-state index contributed by atoms with van der Waals surface area (Å²) in [6.07, 6.45) is -3.79. The Labute approximate surface area is 479 Å². The molecule has 10 N–H and O–H groups in total. The summed E-state index contributed by atoms with van der Waals surface area (Å²) >= 11 is 0. The van der Waals surface area contributed by atoms with Crippen LogP contribution in [0.3, 0.4) is 0 Å². The first-order valence-corrected chi connectivity index (χ1v) is 28.8. The van der Waals surface area contributed by atoms with Crippen molar-refractivity contribution < 1.29 is 48.8 Å². The Bertz CT molecular complexity index is 2940. The van der Waals surface area contributed by atoms with E-state index in [-0.39, 0.29) is 12.4 Å². The molecular weight excluding hydrogens is 1040 g/mol. The minimum atomic E-state index is -1.29. The first-order valence-electron chi connectivity index (χ1n) is 28.8. The van der Waals surface area contributed by atoms with Crippen LogP contribution in [0.5, 0.6) is 0 Å². The molecule has 3 aliphatic rings. The van der Waals surface area contributed by atoms with E-state index >= 15 is 0 Å². The highest BCUT2D eigenvalue weighted by molar-refractivity contribution is 5.81. The zero-order chi connectivity index (χ0) is 56.5. The van der Waals surface area contributed by atoms with Crippen LogP contribution in [0.15, 0.2) is 164 Å². The van der Waals surface area contributed by atoms with E-state index in [1.165, 1.54) is 12.7 Å². The fourth-order valence-electron chi connectivity index (χ4n) is 11.2. The number of nitrogen functional groups attached to an aromatic ring is 1. The van der Waals surface area contributed by atoms with E-state index in [9.17, 15) is 20.4 Å². The molecule has 0 spiro atoms. The van der Waals surface area contributed by atoms with E-state index in [0.29, 0.717) is 70.1 Å². The number of benzene rings is 5. The highest BCUT2D eigenvalue weighted by atomic mass is 16.7. The molecule has 19 heteroatoms. The van der Waals surface area contributed by atoms with Gasteiger partial charge in [-0.25, -0.2) is 15.0 Å². The molecule has 2 saturated heterocycles. The van der Waals surface area contributed by atoms with Crippen molar-refractivity contribution in [2.24, 2.45) is 0 Å². The number of anilines is 1. The molecular formula is C63H79N9O10. The van der Waals surface area contributed by atoms with Crippen LogP contribution in [0.2, 0.25) is 0 Å². The average Bonchev–Trinajstić information content (AvgIpc) is 4.24. The number of fused-ring (bicyclic) bond motifs is 1. The standard InChI is InChI=1S/C63H79N9O10/c64-60-52-61(70-40-69-60)72(41-71-52)62-56(76)54(74)50(80-62)39-77-30-18-1-2-19-31-78-59-51(68-36-45-26-14-6-15-27-45)63(81-49(37-65-33-42-20-8-3-9-21-42)58(59)79-38-46-28-16-7-17-29-46)82-57-48(67-35-44-24-12-5-13-25-44)32-47(53(73)55(57)75)66-34-43-22-10-4-11-23-43/h3-17,20-29,40-41,47-51,53-59,62-63,65-68,73-76H,1-2,18-19,30-39H2,(H2,64,69,70)/t47-,48+,49+,50+,51+,53+,54+,55-,56+,57-,58+,59+,62+,63+/m0/s1. The van der Waals surface area contributed by atoms with Crippen molar-refractivity contribution in [2.75, 3.05) is 32.1 Å². The first kappa shape index (κ1) is 59.1. The number of nitrogens with two attached hydrogens (primary N) is 1. The SMILES string of the molecule is Nc1ncnc2c1ncn2[C@@H]1O[C@H](COCCCCCCO[C@@H]2[C@@H](NCc3ccccc3)[C@@H](O[C@@H]3[C@@H](O)[C@H](O)[C@@H](NCc4ccccc4)C[C@H]3NCc3ccccc3)O[C@H](CNCc3ccccc3)[C@H]2OCc2ccccc2)[C@@H](O)[C@H]1O. The van der Waals surface area contributed by atoms with Gasteiger partial charge in [-0.15, -0.1) is 0 Å². The fraction of sp³-hybridized carbons (Fsp3) is 0.444. The molecule has 1 aliphatic carbocycles. The molecule has 436 valence electrons. The topological polar surface area (TPSA) is 254 Å². The summed E-state index contributed by atoms with van der Waals surface area (Å²) in [5, 5.41) is 60.9. The van der Waals surface area contributed by atoms with Crippen molar-refractivity contribution in [1.82, 2.24) is 40.8 Å². The highest BCUT2D eigenvalue weighted by Crippen LogP contribution is 2.35. The Balaban J connectivity index is 0.851. The largest absolute Gasteiger partial charge is 0.389 e. The van der Waals surface area contributed by atoms with Crippen molar-refractivity contribution in [3.63, 3.8) is 0 Å². The lowest BCUT2D eigenvalue weighted by Crippen LogP contribution is -2.69. The van der Waals surface area contributed by atoms with Crippen LogP contribution in [-0.4, -0.2) is 146 Å². The highest BCUT2D eigenvalue weighted by Gasteiger charge is 2.52. The van der Waals surface area contributed by atoms with E-state index in [0.717, 1.165) is 53.5 Å². The third kappa shape index (κ3) is 15.5. The van der Waals surface area contributed by atoms with Crippen LogP contribution < -0.4 is 27.0 Å². The molecule has 0 radical (unpaired) electrons. The summed E-state index contributed by atoms with van der Waals surface area (Å²) in [5.74, 6) is 0.209. The van der Waals surface area contributed by atoms with Gasteiger partial charge in [0.05, 0.1) is 31.7 Å². The molecule has 10 rings (SSSR count). The lowest BCUT2D eigenvalue weighted by Gasteiger charge is -2.50. The van der Waals surface area contributed by atoms with E-state index in [1.807, 2.05) is 115 Å². The molecule has 1 saturated carbocycles. The Morgan fingerprint density at radius 3 is 1.74 bits per heavy atom. The molecule has 0 amide bonds. The van der Waals surface area contributed by atoms with E-state index < -0.39 is 85.6 Å². The summed E-state index contributed by atoms with van der Waals surface area (Å²) in [5.41, 5.74) is 12.1. The maximum absolute atomic E-state index is 12.4. The van der Waals surface area contributed by atoms with E-state index in [4.69, 9.17) is 34.2 Å². The second-order valence-electron chi connectivity index (χ2n) is 21.5. The lowest BCUT2D eigenvalue weighted by molar-refractivity contribution is -0.306. The summed E-state index contributed by atoms with van der Waals surface area (Å²) in [4.78, 5) is 12.5. The fourth-order valence-corrected chi connectivity index (χ4v) is 11.2. The van der Waals surface area contributed by atoms with Gasteiger partial charge in [0.1, 0.15) is 60.7 Å². The Kier molecular flexibility index (Phi) is 21.6. The zero-order valence-electron chi connectivity index (χ0n) is 46.2. The van der Waals surface area contributed by atoms with Gasteiger partial charge in [-0.3, -0.25) is 4.57 Å². The number of rotatable bonds is 29. The second-order valence-corrected chi connectivity index (χ2v) is 21.5. The van der Waals surface area contributed by atoms with Gasteiger partial charge < -0.3 is 75.8 Å². The number of aliphatic hydroxyl groups excluding tert-OH is 4. The number of ether oxygens (including phenoxy) is 6. The number of hydrogen-bond donors (Lipinski definition) is 9. The van der Waals surface area contributed by atoms with E-state index in [1.54, 1.807) is 4.57 Å². The molecule has 2 aromatic heterocycles. The van der Waals surface area contributed by atoms with Crippen LogP contribution in [-0.2, 0) is 61.2 Å². The maximum atomic E-state index is 12.4. The Morgan fingerprint density at radius 1 is 0.537 bits per heavy atom. The van der Waals surface area contributed by atoms with Gasteiger partial charge >= 0.3 is 0 Å². The Hall–Kier alpha value is -6.11. The number of imidazole rings is 1. The maximum Gasteiger partial charge on any atom is 0.176 e. The minimum Gasteiger partial charge on any atom is -0.389 e. The van der Waals surface area contributed by atoms with Gasteiger partial charge in [0, 0.05) is 58.0 Å². The third-order valence-electron chi connectivity index (χ3n) is 15.7. The van der Waals surface area contributed by atoms with Crippen molar-refractivity contribution in [3.05, 3.63) is 192 Å². The van der Waals surface area contributed by atoms with Crippen molar-refractivity contribution in [1.29, 1.82) is 0 Å². The molecule has 3 fully saturated rings. The molecule has 7 aromatic rings. The number of hydrogen-bond acceptors (Lipinski definition) is 18. The average molecular weight is 1120 g/mol. The van der Waals surface area contributed by atoms with E-state index in [2.05, 4.69) is 72.6 Å². The van der Waals surface area contributed by atoms with Crippen LogP contribution in [0.25, 0.3) is 11.2 Å². The third-order valence-corrected chi connectivity index (χ3v) is 15.7. The van der Waals surface area contributed by atoms with Gasteiger partial charge in [0.2, 0.25) is 0 Å². The Morgan fingerprint density at radius 2 is 1.11 bits per heavy atom. The number of nitrogens with zero attached hydrogens (tertiary/aromatic N) is 4. The van der Waals surface area contributed by atoms with Crippen LogP contribution in [0.4, 0.5) is 5.82 Å². The van der Waals surface area contributed by atoms with Gasteiger partial charge in [-0.1, -0.05) is 165 Å². The second kappa shape index (κ2) is 29.9. The van der Waals surface area contributed by atoms with Crippen molar-refractivity contribution >= 4 is 17.0 Å². The predicted molar refractivity (Wildman–Crippen MR) is 309 cm³/mol. The molecule has 82 heavy (non-hydrogen) atoms. The molecule has 2 aliphatic heterocycles. The molecule has 4 heterocycles. The molecule has 0 unspecified atom stereocenters. The first-order chi connectivity index (χ1) is 40.3. The van der Waals surface area contributed by atoms with Crippen LogP contribution in [0.1, 0.15) is 66.1 Å². The molecule has 19 nitrogen and oxygen atoms in total. The summed E-state index contributed by atoms with van der Waals surface area (Å²) in [6, 6.07) is 49.1. The van der Waals surface area contributed by atoms with Gasteiger partial charge in [-0.05, 0) is 47.1 Å². The molecule has 0 bridgehead atoms. The lowest BCUT2D eigenvalue weighted by atomic mass is 9.83. The van der Waals surface area contributed by atoms with Gasteiger partial charge in [0.15, 0.2) is 24.0 Å². The van der Waals surface area contributed by atoms with Gasteiger partial charge in [0.25, 0.3) is 0 Å². The van der Waals surface area contributed by atoms with Crippen molar-refractivity contribution in [2.45, 2.75) is 150 Å². The van der Waals surface area contributed by atoms with Crippen molar-refractivity contribution in [3.8, 4) is 0 Å². The zero-order valence-corrected chi connectivity index (χ0v) is 46.2. The summed E-state index contributed by atoms with van der Waals surface area (Å²) in [6.45, 7) is 3.70. The monoisotopic (exact) mass is 1120 g/mol. The number of aromatic nitrogens is 4. The smallest absolute Gasteiger partial charge is 0.176 e. The number of nitrogens with one attached hydrogen (secondary N) is 4. The predicted octanol–water partition coefficient (Wildman–Crippen LogP) is 5.08. The molecule has 5 aromatic carbocycles. The van der Waals surface area contributed by atoms with Crippen LogP contribution in [0, 0.1) is 0 Å². The number of aliphatic hydroxyl groups is 4. The minimum absolute atomic E-state index is 0.0874.